The minimum atomic E-state index is 0.623. The first-order valence-electron chi connectivity index (χ1n) is 5.28. The molecule has 0 amide bonds. The molecule has 0 spiro atoms. The van der Waals surface area contributed by atoms with E-state index in [1.807, 2.05) is 0 Å². The summed E-state index contributed by atoms with van der Waals surface area (Å²) in [4.78, 5) is 0. The van der Waals surface area contributed by atoms with Crippen molar-refractivity contribution < 1.29 is 0 Å². The lowest BCUT2D eigenvalue weighted by Crippen LogP contribution is -1.94. The Kier molecular flexibility index (Phi) is 2.11. The molecule has 1 aliphatic rings. The summed E-state index contributed by atoms with van der Waals surface area (Å²) in [5, 5.41) is 1.30. The highest BCUT2D eigenvalue weighted by atomic mass is 79.9. The maximum absolute atomic E-state index is 5.76. The highest BCUT2D eigenvalue weighted by Crippen LogP contribution is 2.39. The van der Waals surface area contributed by atoms with Crippen molar-refractivity contribution in [1.82, 2.24) is 4.57 Å². The molecule has 15 heavy (non-hydrogen) atoms. The Morgan fingerprint density at radius 1 is 1.40 bits per heavy atom. The second-order valence-electron chi connectivity index (χ2n) is 4.16. The minimum Gasteiger partial charge on any atom is -0.344 e. The fourth-order valence-corrected chi connectivity index (χ4v) is 2.46. The second kappa shape index (κ2) is 3.35. The first-order chi connectivity index (χ1) is 7.29. The van der Waals surface area contributed by atoms with Gasteiger partial charge in [-0.05, 0) is 30.5 Å². The van der Waals surface area contributed by atoms with Gasteiger partial charge in [-0.1, -0.05) is 22.0 Å². The van der Waals surface area contributed by atoms with Crippen molar-refractivity contribution in [2.45, 2.75) is 25.4 Å². The van der Waals surface area contributed by atoms with Crippen LogP contribution in [0.25, 0.3) is 10.9 Å². The smallest absolute Gasteiger partial charge is 0.0497 e. The summed E-state index contributed by atoms with van der Waals surface area (Å²) in [5.74, 6) is 0. The summed E-state index contributed by atoms with van der Waals surface area (Å²) < 4.78 is 3.51. The second-order valence-corrected chi connectivity index (χ2v) is 5.07. The van der Waals surface area contributed by atoms with E-state index in [9.17, 15) is 0 Å². The first kappa shape index (κ1) is 9.43. The predicted octanol–water partition coefficient (Wildman–Crippen LogP) is 3.20. The van der Waals surface area contributed by atoms with Crippen LogP contribution in [0, 0.1) is 0 Å². The maximum atomic E-state index is 5.76. The molecule has 78 valence electrons. The summed E-state index contributed by atoms with van der Waals surface area (Å²) in [6.07, 6.45) is 4.83. The fraction of sp³-hybridized carbons (Fsp3) is 0.333. The van der Waals surface area contributed by atoms with Gasteiger partial charge in [0, 0.05) is 34.2 Å². The van der Waals surface area contributed by atoms with E-state index in [0.717, 1.165) is 4.47 Å². The zero-order chi connectivity index (χ0) is 10.4. The Bertz CT molecular complexity index is 512. The van der Waals surface area contributed by atoms with Crippen molar-refractivity contribution in [3.63, 3.8) is 0 Å². The number of fused-ring (bicyclic) bond motifs is 1. The number of nitrogens with zero attached hydrogens (tertiary/aromatic N) is 1. The molecular formula is C12H13BrN2. The molecule has 0 unspecified atom stereocenters. The van der Waals surface area contributed by atoms with Gasteiger partial charge in [-0.25, -0.2) is 0 Å². The third-order valence-electron chi connectivity index (χ3n) is 3.04. The number of halogens is 1. The number of nitrogens with two attached hydrogens (primary N) is 1. The van der Waals surface area contributed by atoms with E-state index in [1.54, 1.807) is 0 Å². The Morgan fingerprint density at radius 3 is 2.87 bits per heavy atom. The molecule has 0 saturated heterocycles. The van der Waals surface area contributed by atoms with Gasteiger partial charge in [0.1, 0.15) is 0 Å². The van der Waals surface area contributed by atoms with Gasteiger partial charge < -0.3 is 10.3 Å². The first-order valence-corrected chi connectivity index (χ1v) is 6.08. The molecule has 2 aromatic rings. The third kappa shape index (κ3) is 1.50. The van der Waals surface area contributed by atoms with Crippen molar-refractivity contribution in [3.8, 4) is 0 Å². The van der Waals surface area contributed by atoms with Gasteiger partial charge in [0.25, 0.3) is 0 Å². The van der Waals surface area contributed by atoms with Crippen molar-refractivity contribution in [2.75, 3.05) is 0 Å². The van der Waals surface area contributed by atoms with Crippen LogP contribution in [-0.4, -0.2) is 4.57 Å². The van der Waals surface area contributed by atoms with Gasteiger partial charge in [-0.15, -0.1) is 0 Å². The highest BCUT2D eigenvalue weighted by Gasteiger charge is 2.25. The molecule has 3 rings (SSSR count). The molecular weight excluding hydrogens is 252 g/mol. The van der Waals surface area contributed by atoms with Crippen molar-refractivity contribution >= 4 is 26.8 Å². The number of benzene rings is 1. The lowest BCUT2D eigenvalue weighted by Gasteiger charge is -2.01. The van der Waals surface area contributed by atoms with E-state index in [0.29, 0.717) is 12.6 Å². The highest BCUT2D eigenvalue weighted by molar-refractivity contribution is 9.10. The molecule has 1 fully saturated rings. The van der Waals surface area contributed by atoms with Gasteiger partial charge in [0.15, 0.2) is 0 Å². The third-order valence-corrected chi connectivity index (χ3v) is 3.53. The zero-order valence-corrected chi connectivity index (χ0v) is 10.00. The van der Waals surface area contributed by atoms with Crippen LogP contribution in [0.15, 0.2) is 28.9 Å². The molecule has 2 nitrogen and oxygen atoms in total. The monoisotopic (exact) mass is 264 g/mol. The number of rotatable bonds is 2. The van der Waals surface area contributed by atoms with Crippen LogP contribution in [0.1, 0.15) is 24.4 Å². The van der Waals surface area contributed by atoms with Gasteiger partial charge in [-0.3, -0.25) is 0 Å². The quantitative estimate of drug-likeness (QED) is 0.888. The summed E-state index contributed by atoms with van der Waals surface area (Å²) in [6.45, 7) is 0.623. The van der Waals surface area contributed by atoms with Crippen LogP contribution in [0.3, 0.4) is 0 Å². The van der Waals surface area contributed by atoms with Crippen LogP contribution in [0.5, 0.6) is 0 Å². The van der Waals surface area contributed by atoms with Crippen LogP contribution >= 0.6 is 15.9 Å². The minimum absolute atomic E-state index is 0.623. The van der Waals surface area contributed by atoms with E-state index in [2.05, 4.69) is 44.9 Å². The molecule has 1 aromatic heterocycles. The summed E-state index contributed by atoms with van der Waals surface area (Å²) in [7, 11) is 0. The van der Waals surface area contributed by atoms with Gasteiger partial charge >= 0.3 is 0 Å². The lowest BCUT2D eigenvalue weighted by molar-refractivity contribution is 0.770. The van der Waals surface area contributed by atoms with E-state index >= 15 is 0 Å². The van der Waals surface area contributed by atoms with E-state index in [1.165, 1.54) is 29.3 Å². The Hall–Kier alpha value is -0.800. The Balaban J connectivity index is 2.29. The standard InChI is InChI=1S/C12H13BrN2/c13-9-1-4-11-8(6-14)7-15(10-2-3-10)12(11)5-9/h1,4-5,7,10H,2-3,6,14H2. The average molecular weight is 265 g/mol. The van der Waals surface area contributed by atoms with E-state index in [-0.39, 0.29) is 0 Å². The van der Waals surface area contributed by atoms with Gasteiger partial charge in [0.2, 0.25) is 0 Å². The zero-order valence-electron chi connectivity index (χ0n) is 8.41. The molecule has 2 N–H and O–H groups in total. The molecule has 0 bridgehead atoms. The molecule has 0 aliphatic heterocycles. The molecule has 3 heteroatoms. The van der Waals surface area contributed by atoms with Crippen LogP contribution in [-0.2, 0) is 6.54 Å². The molecule has 0 atom stereocenters. The van der Waals surface area contributed by atoms with Gasteiger partial charge in [-0.2, -0.15) is 0 Å². The van der Waals surface area contributed by atoms with Crippen molar-refractivity contribution in [1.29, 1.82) is 0 Å². The van der Waals surface area contributed by atoms with Crippen LogP contribution in [0.2, 0.25) is 0 Å². The molecule has 0 radical (unpaired) electrons. The molecule has 1 saturated carbocycles. The number of hydrogen-bond donors (Lipinski definition) is 1. The maximum Gasteiger partial charge on any atom is 0.0497 e. The molecule has 1 heterocycles. The number of hydrogen-bond acceptors (Lipinski definition) is 1. The SMILES string of the molecule is NCc1cn(C2CC2)c2cc(Br)ccc12. The average Bonchev–Trinajstić information content (AvgIpc) is 3.00. The van der Waals surface area contributed by atoms with E-state index in [4.69, 9.17) is 5.73 Å². The van der Waals surface area contributed by atoms with Crippen LogP contribution in [0.4, 0.5) is 0 Å². The van der Waals surface area contributed by atoms with Crippen molar-refractivity contribution in [3.05, 3.63) is 34.4 Å². The molecule has 1 aromatic carbocycles. The van der Waals surface area contributed by atoms with Crippen LogP contribution < -0.4 is 5.73 Å². The number of aromatic nitrogens is 1. The summed E-state index contributed by atoms with van der Waals surface area (Å²) in [6, 6.07) is 7.13. The molecule has 1 aliphatic carbocycles. The fourth-order valence-electron chi connectivity index (χ4n) is 2.11. The topological polar surface area (TPSA) is 30.9 Å². The van der Waals surface area contributed by atoms with Gasteiger partial charge in [0.05, 0.1) is 0 Å². The predicted molar refractivity (Wildman–Crippen MR) is 65.8 cm³/mol. The van der Waals surface area contributed by atoms with E-state index < -0.39 is 0 Å². The Labute approximate surface area is 97.2 Å². The lowest BCUT2D eigenvalue weighted by atomic mass is 10.2. The summed E-state index contributed by atoms with van der Waals surface area (Å²) >= 11 is 3.52. The normalized spacial score (nSPS) is 16.1. The summed E-state index contributed by atoms with van der Waals surface area (Å²) in [5.41, 5.74) is 8.33. The Morgan fingerprint density at radius 2 is 2.20 bits per heavy atom. The van der Waals surface area contributed by atoms with Crippen molar-refractivity contribution in [2.24, 2.45) is 5.73 Å². The largest absolute Gasteiger partial charge is 0.344 e.